The maximum Gasteiger partial charge on any atom is 0.245 e. The molecule has 2 rings (SSSR count). The summed E-state index contributed by atoms with van der Waals surface area (Å²) < 4.78 is 13.2. The Bertz CT molecular complexity index is 564. The Morgan fingerprint density at radius 1 is 1.21 bits per heavy atom. The van der Waals surface area contributed by atoms with Crippen LogP contribution < -0.4 is 11.1 Å². The molecular weight excluding hydrogens is 243 g/mol. The van der Waals surface area contributed by atoms with Crippen LogP contribution in [-0.4, -0.2) is 5.91 Å². The average molecular weight is 258 g/mol. The Balaban J connectivity index is 2.13. The summed E-state index contributed by atoms with van der Waals surface area (Å²) in [5, 5.41) is 2.62. The number of amides is 1. The van der Waals surface area contributed by atoms with E-state index < -0.39 is 6.04 Å². The number of benzene rings is 2. The van der Waals surface area contributed by atoms with Gasteiger partial charge in [0.05, 0.1) is 0 Å². The number of nitrogens with two attached hydrogens (primary N) is 1. The second-order valence-corrected chi connectivity index (χ2v) is 4.39. The molecule has 0 radical (unpaired) electrons. The topological polar surface area (TPSA) is 55.1 Å². The van der Waals surface area contributed by atoms with E-state index in [0.717, 1.165) is 5.56 Å². The third-order valence-electron chi connectivity index (χ3n) is 2.75. The highest BCUT2D eigenvalue weighted by molar-refractivity contribution is 5.95. The smallest absolute Gasteiger partial charge is 0.245 e. The number of hydrogen-bond acceptors (Lipinski definition) is 2. The lowest BCUT2D eigenvalue weighted by molar-refractivity contribution is -0.117. The molecule has 4 heteroatoms. The Morgan fingerprint density at radius 3 is 2.53 bits per heavy atom. The predicted octanol–water partition coefficient (Wildman–Crippen LogP) is 2.77. The van der Waals surface area contributed by atoms with Crippen LogP contribution in [-0.2, 0) is 4.79 Å². The first-order valence-electron chi connectivity index (χ1n) is 5.95. The van der Waals surface area contributed by atoms with Gasteiger partial charge in [-0.25, -0.2) is 4.39 Å². The molecule has 2 aromatic rings. The van der Waals surface area contributed by atoms with E-state index in [4.69, 9.17) is 5.73 Å². The van der Waals surface area contributed by atoms with Gasteiger partial charge in [-0.3, -0.25) is 4.79 Å². The lowest BCUT2D eigenvalue weighted by atomic mass is 10.1. The third-order valence-corrected chi connectivity index (χ3v) is 2.75. The Morgan fingerprint density at radius 2 is 1.89 bits per heavy atom. The van der Waals surface area contributed by atoms with E-state index in [1.54, 1.807) is 25.1 Å². The molecule has 19 heavy (non-hydrogen) atoms. The van der Waals surface area contributed by atoms with E-state index in [9.17, 15) is 9.18 Å². The molecule has 2 aromatic carbocycles. The van der Waals surface area contributed by atoms with E-state index >= 15 is 0 Å². The maximum atomic E-state index is 13.2. The zero-order valence-corrected chi connectivity index (χ0v) is 10.6. The summed E-state index contributed by atoms with van der Waals surface area (Å²) in [5.41, 5.74) is 7.72. The van der Waals surface area contributed by atoms with Gasteiger partial charge in [0.1, 0.15) is 11.9 Å². The Kier molecular flexibility index (Phi) is 3.92. The van der Waals surface area contributed by atoms with Crippen molar-refractivity contribution < 1.29 is 9.18 Å². The zero-order valence-electron chi connectivity index (χ0n) is 10.6. The van der Waals surface area contributed by atoms with Gasteiger partial charge in [0.2, 0.25) is 5.91 Å². The fourth-order valence-electron chi connectivity index (χ4n) is 1.84. The Labute approximate surface area is 111 Å². The molecule has 98 valence electrons. The van der Waals surface area contributed by atoms with Crippen molar-refractivity contribution in [3.05, 3.63) is 65.5 Å². The second-order valence-electron chi connectivity index (χ2n) is 4.39. The molecule has 0 aliphatic carbocycles. The molecule has 0 saturated carbocycles. The average Bonchev–Trinajstić information content (AvgIpc) is 2.37. The van der Waals surface area contributed by atoms with E-state index in [1.165, 1.54) is 12.1 Å². The van der Waals surface area contributed by atoms with Gasteiger partial charge in [-0.05, 0) is 36.2 Å². The number of carbonyl (C=O) groups excluding carboxylic acids is 1. The molecule has 3 nitrogen and oxygen atoms in total. The number of nitrogens with one attached hydrogen (secondary N) is 1. The van der Waals surface area contributed by atoms with Crippen molar-refractivity contribution in [3.63, 3.8) is 0 Å². The van der Waals surface area contributed by atoms with Crippen molar-refractivity contribution in [1.82, 2.24) is 0 Å². The molecule has 1 amide bonds. The van der Waals surface area contributed by atoms with E-state index in [2.05, 4.69) is 5.32 Å². The van der Waals surface area contributed by atoms with E-state index in [-0.39, 0.29) is 11.7 Å². The highest BCUT2D eigenvalue weighted by Gasteiger charge is 2.15. The highest BCUT2D eigenvalue weighted by atomic mass is 19.1. The van der Waals surface area contributed by atoms with Crippen molar-refractivity contribution in [3.8, 4) is 0 Å². The van der Waals surface area contributed by atoms with Crippen LogP contribution in [0.2, 0.25) is 0 Å². The number of carbonyl (C=O) groups is 1. The minimum Gasteiger partial charge on any atom is -0.324 e. The summed E-state index contributed by atoms with van der Waals surface area (Å²) in [7, 11) is 0. The van der Waals surface area contributed by atoms with Crippen LogP contribution in [0.3, 0.4) is 0 Å². The second kappa shape index (κ2) is 5.63. The van der Waals surface area contributed by atoms with Crippen LogP contribution in [0.25, 0.3) is 0 Å². The van der Waals surface area contributed by atoms with Crippen LogP contribution in [0.4, 0.5) is 10.1 Å². The van der Waals surface area contributed by atoms with Gasteiger partial charge in [0, 0.05) is 5.69 Å². The largest absolute Gasteiger partial charge is 0.324 e. The van der Waals surface area contributed by atoms with Gasteiger partial charge in [-0.1, -0.05) is 30.3 Å². The first kappa shape index (κ1) is 13.2. The number of anilines is 1. The Hall–Kier alpha value is -2.20. The predicted molar refractivity (Wildman–Crippen MR) is 73.1 cm³/mol. The minimum atomic E-state index is -0.773. The summed E-state index contributed by atoms with van der Waals surface area (Å²) in [6.07, 6.45) is 0. The van der Waals surface area contributed by atoms with Crippen LogP contribution >= 0.6 is 0 Å². The monoisotopic (exact) mass is 258 g/mol. The first-order chi connectivity index (χ1) is 9.06. The molecule has 0 aliphatic rings. The highest BCUT2D eigenvalue weighted by Crippen LogP contribution is 2.16. The molecular formula is C15H15FN2O. The molecule has 0 aliphatic heterocycles. The zero-order chi connectivity index (χ0) is 13.8. The normalized spacial score (nSPS) is 11.9. The third kappa shape index (κ3) is 3.39. The number of rotatable bonds is 3. The molecule has 1 atom stereocenters. The van der Waals surface area contributed by atoms with Crippen LogP contribution in [0.15, 0.2) is 48.5 Å². The molecule has 0 bridgehead atoms. The molecule has 0 fully saturated rings. The lowest BCUT2D eigenvalue weighted by Gasteiger charge is -2.13. The van der Waals surface area contributed by atoms with Gasteiger partial charge >= 0.3 is 0 Å². The molecule has 0 saturated heterocycles. The standard InChI is InChI=1S/C15H15FN2O/c1-10-7-12(16)9-13(8-10)18-15(19)14(17)11-5-3-2-4-6-11/h2-9,14H,17H2,1H3,(H,18,19)/t14-/m1/s1. The number of aryl methyl sites for hydroxylation is 1. The van der Waals surface area contributed by atoms with E-state index in [0.29, 0.717) is 11.3 Å². The summed E-state index contributed by atoms with van der Waals surface area (Å²) >= 11 is 0. The quantitative estimate of drug-likeness (QED) is 0.889. The van der Waals surface area contributed by atoms with Crippen molar-refractivity contribution in [2.45, 2.75) is 13.0 Å². The molecule has 0 heterocycles. The maximum absolute atomic E-state index is 13.2. The molecule has 3 N–H and O–H groups in total. The number of hydrogen-bond donors (Lipinski definition) is 2. The fraction of sp³-hybridized carbons (Fsp3) is 0.133. The molecule has 0 aromatic heterocycles. The van der Waals surface area contributed by atoms with Gasteiger partial charge in [0.25, 0.3) is 0 Å². The van der Waals surface area contributed by atoms with Crippen molar-refractivity contribution >= 4 is 11.6 Å². The minimum absolute atomic E-state index is 0.365. The SMILES string of the molecule is Cc1cc(F)cc(NC(=O)[C@H](N)c2ccccc2)c1. The van der Waals surface area contributed by atoms with Crippen LogP contribution in [0, 0.1) is 12.7 Å². The van der Waals surface area contributed by atoms with Crippen LogP contribution in [0.5, 0.6) is 0 Å². The van der Waals surface area contributed by atoms with Crippen molar-refractivity contribution in [2.75, 3.05) is 5.32 Å². The van der Waals surface area contributed by atoms with Crippen LogP contribution in [0.1, 0.15) is 17.2 Å². The summed E-state index contributed by atoms with van der Waals surface area (Å²) in [6.45, 7) is 1.76. The lowest BCUT2D eigenvalue weighted by Crippen LogP contribution is -2.27. The van der Waals surface area contributed by atoms with E-state index in [1.807, 2.05) is 18.2 Å². The fourth-order valence-corrected chi connectivity index (χ4v) is 1.84. The number of halogens is 1. The van der Waals surface area contributed by atoms with Gasteiger partial charge in [0.15, 0.2) is 0 Å². The van der Waals surface area contributed by atoms with Gasteiger partial charge in [-0.15, -0.1) is 0 Å². The van der Waals surface area contributed by atoms with Crippen molar-refractivity contribution in [2.24, 2.45) is 5.73 Å². The van der Waals surface area contributed by atoms with Crippen molar-refractivity contribution in [1.29, 1.82) is 0 Å². The summed E-state index contributed by atoms with van der Waals surface area (Å²) in [6, 6.07) is 12.6. The summed E-state index contributed by atoms with van der Waals surface area (Å²) in [4.78, 5) is 12.0. The molecule has 0 spiro atoms. The van der Waals surface area contributed by atoms with Gasteiger partial charge < -0.3 is 11.1 Å². The first-order valence-corrected chi connectivity index (χ1v) is 5.95. The van der Waals surface area contributed by atoms with Gasteiger partial charge in [-0.2, -0.15) is 0 Å². The summed E-state index contributed by atoms with van der Waals surface area (Å²) in [5.74, 6) is -0.750. The molecule has 0 unspecified atom stereocenters.